The molecule has 0 unspecified atom stereocenters. The molecular formula is C22H20N4O. The van der Waals surface area contributed by atoms with E-state index < -0.39 is 0 Å². The molecule has 0 fully saturated rings. The number of benzene rings is 2. The first-order valence-corrected chi connectivity index (χ1v) is 8.97. The van der Waals surface area contributed by atoms with E-state index in [0.717, 1.165) is 28.8 Å². The molecule has 4 rings (SSSR count). The number of pyridine rings is 1. The van der Waals surface area contributed by atoms with Crippen LogP contribution in [0.2, 0.25) is 0 Å². The lowest BCUT2D eigenvalue weighted by atomic mass is 10.0. The van der Waals surface area contributed by atoms with Crippen LogP contribution in [-0.4, -0.2) is 26.5 Å². The summed E-state index contributed by atoms with van der Waals surface area (Å²) in [6, 6.07) is 20.4. The van der Waals surface area contributed by atoms with Gasteiger partial charge in [0.15, 0.2) is 0 Å². The lowest BCUT2D eigenvalue weighted by molar-refractivity contribution is 0.166. The zero-order valence-corrected chi connectivity index (χ0v) is 14.9. The van der Waals surface area contributed by atoms with Gasteiger partial charge in [-0.25, -0.2) is 9.98 Å². The van der Waals surface area contributed by atoms with Crippen molar-refractivity contribution in [1.82, 2.24) is 14.7 Å². The van der Waals surface area contributed by atoms with Crippen LogP contribution in [0.1, 0.15) is 12.0 Å². The second-order valence-electron chi connectivity index (χ2n) is 6.36. The second kappa shape index (κ2) is 7.83. The summed E-state index contributed by atoms with van der Waals surface area (Å²) in [6.07, 6.45) is 6.82. The molecule has 0 saturated carbocycles. The second-order valence-corrected chi connectivity index (χ2v) is 6.36. The van der Waals surface area contributed by atoms with E-state index in [2.05, 4.69) is 57.4 Å². The SMILES string of the molecule is On1ccc(-c2ccncc2)nc1=NCCCc1ccc2ccccc2c1. The number of aromatic nitrogens is 3. The lowest BCUT2D eigenvalue weighted by Crippen LogP contribution is -2.23. The average molecular weight is 356 g/mol. The third kappa shape index (κ3) is 4.03. The predicted octanol–water partition coefficient (Wildman–Crippen LogP) is 3.87. The molecular weight excluding hydrogens is 336 g/mol. The van der Waals surface area contributed by atoms with Crippen molar-refractivity contribution in [3.05, 3.63) is 90.4 Å². The predicted molar refractivity (Wildman–Crippen MR) is 105 cm³/mol. The molecule has 0 atom stereocenters. The van der Waals surface area contributed by atoms with E-state index in [1.54, 1.807) is 24.7 Å². The van der Waals surface area contributed by atoms with Crippen LogP contribution in [0.4, 0.5) is 0 Å². The summed E-state index contributed by atoms with van der Waals surface area (Å²) < 4.78 is 0.959. The first kappa shape index (κ1) is 17.0. The van der Waals surface area contributed by atoms with Crippen molar-refractivity contribution >= 4 is 10.8 Å². The van der Waals surface area contributed by atoms with Gasteiger partial charge in [-0.15, -0.1) is 0 Å². The van der Waals surface area contributed by atoms with Crippen molar-refractivity contribution in [2.24, 2.45) is 4.99 Å². The van der Waals surface area contributed by atoms with E-state index in [9.17, 15) is 5.21 Å². The third-order valence-corrected chi connectivity index (χ3v) is 4.47. The average Bonchev–Trinajstić information content (AvgIpc) is 2.73. The lowest BCUT2D eigenvalue weighted by Gasteiger charge is -2.04. The third-order valence-electron chi connectivity index (χ3n) is 4.47. The number of aryl methyl sites for hydroxylation is 1. The Kier molecular flexibility index (Phi) is 4.92. The summed E-state index contributed by atoms with van der Waals surface area (Å²) >= 11 is 0. The zero-order chi connectivity index (χ0) is 18.5. The van der Waals surface area contributed by atoms with Crippen LogP contribution in [-0.2, 0) is 6.42 Å². The standard InChI is InChI=1S/C22H20N4O/c27-26-15-11-21(19-9-13-23-14-10-19)25-22(26)24-12-3-4-17-7-8-18-5-1-2-6-20(18)16-17/h1-2,5-11,13-16,27H,3-4,12H2. The summed E-state index contributed by atoms with van der Waals surface area (Å²) in [4.78, 5) is 12.9. The van der Waals surface area contributed by atoms with E-state index >= 15 is 0 Å². The van der Waals surface area contributed by atoms with Gasteiger partial charge in [-0.1, -0.05) is 42.5 Å². The molecule has 5 heteroatoms. The minimum absolute atomic E-state index is 0.308. The maximum Gasteiger partial charge on any atom is 0.258 e. The highest BCUT2D eigenvalue weighted by Gasteiger charge is 2.01. The van der Waals surface area contributed by atoms with Crippen molar-refractivity contribution in [3.8, 4) is 11.3 Å². The number of rotatable bonds is 5. The van der Waals surface area contributed by atoms with E-state index in [1.807, 2.05) is 12.1 Å². The molecule has 0 radical (unpaired) electrons. The van der Waals surface area contributed by atoms with Gasteiger partial charge >= 0.3 is 0 Å². The Balaban J connectivity index is 1.46. The maximum atomic E-state index is 9.96. The van der Waals surface area contributed by atoms with Crippen molar-refractivity contribution in [1.29, 1.82) is 0 Å². The molecule has 0 aliphatic heterocycles. The van der Waals surface area contributed by atoms with Gasteiger partial charge < -0.3 is 5.21 Å². The first-order valence-electron chi connectivity index (χ1n) is 8.97. The largest absolute Gasteiger partial charge is 0.425 e. The fourth-order valence-electron chi connectivity index (χ4n) is 3.05. The fourth-order valence-corrected chi connectivity index (χ4v) is 3.05. The molecule has 5 nitrogen and oxygen atoms in total. The van der Waals surface area contributed by atoms with Gasteiger partial charge in [-0.05, 0) is 47.4 Å². The Bertz CT molecular complexity index is 1120. The minimum Gasteiger partial charge on any atom is -0.425 e. The topological polar surface area (TPSA) is 63.3 Å². The molecule has 27 heavy (non-hydrogen) atoms. The van der Waals surface area contributed by atoms with Gasteiger partial charge in [0, 0.05) is 30.7 Å². The highest BCUT2D eigenvalue weighted by molar-refractivity contribution is 5.82. The Morgan fingerprint density at radius 1 is 0.926 bits per heavy atom. The van der Waals surface area contributed by atoms with Gasteiger partial charge in [0.1, 0.15) is 0 Å². The summed E-state index contributed by atoms with van der Waals surface area (Å²) in [5.74, 6) is 0. The van der Waals surface area contributed by atoms with E-state index in [-0.39, 0.29) is 0 Å². The maximum absolute atomic E-state index is 9.96. The molecule has 4 aromatic rings. The molecule has 2 aromatic heterocycles. The summed E-state index contributed by atoms with van der Waals surface area (Å²) in [5, 5.41) is 12.5. The quantitative estimate of drug-likeness (QED) is 0.436. The number of hydrogen-bond acceptors (Lipinski definition) is 4. The van der Waals surface area contributed by atoms with Crippen molar-refractivity contribution in [2.75, 3.05) is 6.54 Å². The Hall–Kier alpha value is -3.47. The van der Waals surface area contributed by atoms with Gasteiger partial charge in [-0.3, -0.25) is 4.98 Å². The number of hydrogen-bond donors (Lipinski definition) is 1. The Morgan fingerprint density at radius 3 is 2.59 bits per heavy atom. The van der Waals surface area contributed by atoms with Gasteiger partial charge in [0.25, 0.3) is 5.62 Å². The Labute approximate surface area is 157 Å². The van der Waals surface area contributed by atoms with E-state index in [0.29, 0.717) is 12.2 Å². The summed E-state index contributed by atoms with van der Waals surface area (Å²) in [6.45, 7) is 0.597. The van der Waals surface area contributed by atoms with Crippen molar-refractivity contribution in [3.63, 3.8) is 0 Å². The molecule has 1 N–H and O–H groups in total. The van der Waals surface area contributed by atoms with E-state index in [4.69, 9.17) is 0 Å². The minimum atomic E-state index is 0.308. The number of nitrogens with zero attached hydrogens (tertiary/aromatic N) is 4. The highest BCUT2D eigenvalue weighted by atomic mass is 16.5. The van der Waals surface area contributed by atoms with Crippen molar-refractivity contribution in [2.45, 2.75) is 12.8 Å². The molecule has 0 bridgehead atoms. The summed E-state index contributed by atoms with van der Waals surface area (Å²) in [5.41, 5.74) is 3.30. The molecule has 134 valence electrons. The van der Waals surface area contributed by atoms with Crippen LogP contribution in [0.15, 0.2) is 84.2 Å². The van der Waals surface area contributed by atoms with Crippen LogP contribution in [0.3, 0.4) is 0 Å². The van der Waals surface area contributed by atoms with Crippen LogP contribution in [0, 0.1) is 0 Å². The Morgan fingerprint density at radius 2 is 1.74 bits per heavy atom. The summed E-state index contributed by atoms with van der Waals surface area (Å²) in [7, 11) is 0. The highest BCUT2D eigenvalue weighted by Crippen LogP contribution is 2.16. The first-order chi connectivity index (χ1) is 13.3. The molecule has 2 aromatic carbocycles. The molecule has 0 aliphatic rings. The van der Waals surface area contributed by atoms with Crippen LogP contribution >= 0.6 is 0 Å². The molecule has 0 spiro atoms. The molecule has 0 aliphatic carbocycles. The monoisotopic (exact) mass is 356 g/mol. The fraction of sp³-hybridized carbons (Fsp3) is 0.136. The van der Waals surface area contributed by atoms with Crippen LogP contribution < -0.4 is 5.62 Å². The van der Waals surface area contributed by atoms with Crippen molar-refractivity contribution < 1.29 is 5.21 Å². The van der Waals surface area contributed by atoms with E-state index in [1.165, 1.54) is 16.3 Å². The number of fused-ring (bicyclic) bond motifs is 1. The molecule has 0 saturated heterocycles. The zero-order valence-electron chi connectivity index (χ0n) is 14.9. The van der Waals surface area contributed by atoms with Gasteiger partial charge in [0.05, 0.1) is 5.69 Å². The van der Waals surface area contributed by atoms with Gasteiger partial charge in [0.2, 0.25) is 0 Å². The normalized spacial score (nSPS) is 11.8. The van der Waals surface area contributed by atoms with Crippen LogP contribution in [0.5, 0.6) is 0 Å². The van der Waals surface area contributed by atoms with Crippen LogP contribution in [0.25, 0.3) is 22.0 Å². The molecule has 0 amide bonds. The molecule has 2 heterocycles. The smallest absolute Gasteiger partial charge is 0.258 e. The van der Waals surface area contributed by atoms with Gasteiger partial charge in [-0.2, -0.15) is 4.73 Å².